The van der Waals surface area contributed by atoms with Gasteiger partial charge in [0.1, 0.15) is 0 Å². The molecule has 0 radical (unpaired) electrons. The Kier molecular flexibility index (Phi) is 3.86. The second-order valence-corrected chi connectivity index (χ2v) is 5.46. The van der Waals surface area contributed by atoms with Crippen LogP contribution >= 0.6 is 0 Å². The average molecular weight is 281 g/mol. The van der Waals surface area contributed by atoms with E-state index < -0.39 is 0 Å². The van der Waals surface area contributed by atoms with Gasteiger partial charge in [-0.1, -0.05) is 18.2 Å². The molecule has 4 nitrogen and oxygen atoms in total. The molecule has 0 bridgehead atoms. The molecule has 0 saturated heterocycles. The molecule has 0 saturated carbocycles. The zero-order valence-corrected chi connectivity index (χ0v) is 12.1. The van der Waals surface area contributed by atoms with Crippen molar-refractivity contribution in [1.29, 1.82) is 0 Å². The normalized spacial score (nSPS) is 16.7. The van der Waals surface area contributed by atoms with Crippen LogP contribution in [0.3, 0.4) is 0 Å². The number of amides is 1. The van der Waals surface area contributed by atoms with E-state index in [1.807, 2.05) is 31.3 Å². The highest BCUT2D eigenvalue weighted by Gasteiger charge is 2.23. The number of pyridine rings is 1. The van der Waals surface area contributed by atoms with E-state index in [1.165, 1.54) is 5.56 Å². The number of hydrogen-bond donors (Lipinski definition) is 2. The van der Waals surface area contributed by atoms with Crippen LogP contribution in [0.4, 0.5) is 5.69 Å². The van der Waals surface area contributed by atoms with Crippen molar-refractivity contribution in [1.82, 2.24) is 10.3 Å². The van der Waals surface area contributed by atoms with E-state index in [1.54, 1.807) is 6.20 Å². The average Bonchev–Trinajstić information content (AvgIpc) is 2.53. The predicted octanol–water partition coefficient (Wildman–Crippen LogP) is 2.29. The third-order valence-corrected chi connectivity index (χ3v) is 3.98. The lowest BCUT2D eigenvalue weighted by Gasteiger charge is -2.25. The van der Waals surface area contributed by atoms with Gasteiger partial charge in [0.25, 0.3) is 0 Å². The Morgan fingerprint density at radius 3 is 3.10 bits per heavy atom. The third-order valence-electron chi connectivity index (χ3n) is 3.98. The van der Waals surface area contributed by atoms with Crippen molar-refractivity contribution in [2.75, 3.05) is 11.9 Å². The van der Waals surface area contributed by atoms with Crippen molar-refractivity contribution in [3.8, 4) is 0 Å². The number of hydrogen-bond acceptors (Lipinski definition) is 3. The lowest BCUT2D eigenvalue weighted by Crippen LogP contribution is -2.37. The third kappa shape index (κ3) is 3.05. The monoisotopic (exact) mass is 281 g/mol. The summed E-state index contributed by atoms with van der Waals surface area (Å²) < 4.78 is 0. The van der Waals surface area contributed by atoms with E-state index in [4.69, 9.17) is 0 Å². The number of aromatic nitrogens is 1. The molecule has 1 aromatic heterocycles. The van der Waals surface area contributed by atoms with Gasteiger partial charge in [-0.25, -0.2) is 0 Å². The highest BCUT2D eigenvalue weighted by Crippen LogP contribution is 2.24. The molecule has 2 N–H and O–H groups in total. The van der Waals surface area contributed by atoms with Gasteiger partial charge in [-0.2, -0.15) is 0 Å². The molecule has 108 valence electrons. The molecule has 2 heterocycles. The number of carbonyl (C=O) groups is 1. The van der Waals surface area contributed by atoms with E-state index in [0.29, 0.717) is 13.1 Å². The number of anilines is 1. The molecule has 3 rings (SSSR count). The summed E-state index contributed by atoms with van der Waals surface area (Å²) in [5.41, 5.74) is 4.57. The highest BCUT2D eigenvalue weighted by atomic mass is 16.1. The van der Waals surface area contributed by atoms with Gasteiger partial charge in [-0.05, 0) is 42.2 Å². The second-order valence-electron chi connectivity index (χ2n) is 5.46. The molecule has 1 aromatic carbocycles. The van der Waals surface area contributed by atoms with Crippen molar-refractivity contribution < 1.29 is 4.79 Å². The van der Waals surface area contributed by atoms with Gasteiger partial charge in [0.05, 0.1) is 5.92 Å². The summed E-state index contributed by atoms with van der Waals surface area (Å²) in [5.74, 6) is 0.0928. The van der Waals surface area contributed by atoms with Gasteiger partial charge < -0.3 is 10.6 Å². The second kappa shape index (κ2) is 5.95. The van der Waals surface area contributed by atoms with Gasteiger partial charge >= 0.3 is 0 Å². The lowest BCUT2D eigenvalue weighted by atomic mass is 9.93. The Labute approximate surface area is 124 Å². The SMILES string of the molecule is Cc1cnccc1CNC(=O)C1CNc2ccccc2C1. The number of para-hydroxylation sites is 1. The van der Waals surface area contributed by atoms with Gasteiger partial charge in [0.15, 0.2) is 0 Å². The summed E-state index contributed by atoms with van der Waals surface area (Å²) in [5, 5.41) is 6.37. The van der Waals surface area contributed by atoms with E-state index in [-0.39, 0.29) is 11.8 Å². The fourth-order valence-corrected chi connectivity index (χ4v) is 2.65. The molecule has 21 heavy (non-hydrogen) atoms. The first-order chi connectivity index (χ1) is 10.2. The molecule has 1 unspecified atom stereocenters. The Morgan fingerprint density at radius 2 is 2.24 bits per heavy atom. The zero-order chi connectivity index (χ0) is 14.7. The summed E-state index contributed by atoms with van der Waals surface area (Å²) in [6.07, 6.45) is 4.37. The Balaban J connectivity index is 1.61. The van der Waals surface area contributed by atoms with Crippen molar-refractivity contribution in [3.05, 3.63) is 59.4 Å². The first-order valence-corrected chi connectivity index (χ1v) is 7.23. The number of rotatable bonds is 3. The summed E-state index contributed by atoms with van der Waals surface area (Å²) in [6.45, 7) is 3.26. The van der Waals surface area contributed by atoms with Crippen molar-refractivity contribution >= 4 is 11.6 Å². The number of aryl methyl sites for hydroxylation is 1. The van der Waals surface area contributed by atoms with Crippen molar-refractivity contribution in [2.45, 2.75) is 19.9 Å². The smallest absolute Gasteiger partial charge is 0.225 e. The van der Waals surface area contributed by atoms with E-state index >= 15 is 0 Å². The lowest BCUT2D eigenvalue weighted by molar-refractivity contribution is -0.124. The molecule has 2 aromatic rings. The predicted molar refractivity (Wildman–Crippen MR) is 82.9 cm³/mol. The van der Waals surface area contributed by atoms with Crippen LogP contribution in [0.2, 0.25) is 0 Å². The first-order valence-electron chi connectivity index (χ1n) is 7.23. The van der Waals surface area contributed by atoms with E-state index in [9.17, 15) is 4.79 Å². The first kappa shape index (κ1) is 13.6. The number of nitrogens with one attached hydrogen (secondary N) is 2. The van der Waals surface area contributed by atoms with Crippen LogP contribution in [0.5, 0.6) is 0 Å². The minimum atomic E-state index is -0.0120. The molecule has 0 fully saturated rings. The zero-order valence-electron chi connectivity index (χ0n) is 12.1. The van der Waals surface area contributed by atoms with Crippen LogP contribution in [0.25, 0.3) is 0 Å². The molecule has 1 atom stereocenters. The maximum Gasteiger partial charge on any atom is 0.225 e. The number of benzene rings is 1. The largest absolute Gasteiger partial charge is 0.384 e. The van der Waals surface area contributed by atoms with Gasteiger partial charge in [0, 0.05) is 31.2 Å². The standard InChI is InChI=1S/C17H19N3O/c1-12-9-18-7-6-14(12)10-20-17(21)15-8-13-4-2-3-5-16(13)19-11-15/h2-7,9,15,19H,8,10-11H2,1H3,(H,20,21). The maximum absolute atomic E-state index is 12.3. The molecule has 0 spiro atoms. The van der Waals surface area contributed by atoms with Gasteiger partial charge in [0.2, 0.25) is 5.91 Å². The van der Waals surface area contributed by atoms with Crippen LogP contribution in [0.1, 0.15) is 16.7 Å². The molecule has 1 amide bonds. The minimum absolute atomic E-state index is 0.0120. The van der Waals surface area contributed by atoms with Crippen LogP contribution in [0, 0.1) is 12.8 Å². The van der Waals surface area contributed by atoms with Gasteiger partial charge in [-0.15, -0.1) is 0 Å². The topological polar surface area (TPSA) is 54.0 Å². The fourth-order valence-electron chi connectivity index (χ4n) is 2.65. The van der Waals surface area contributed by atoms with Crippen LogP contribution < -0.4 is 10.6 Å². The van der Waals surface area contributed by atoms with Gasteiger partial charge in [-0.3, -0.25) is 9.78 Å². The molecular formula is C17H19N3O. The van der Waals surface area contributed by atoms with Crippen molar-refractivity contribution in [2.24, 2.45) is 5.92 Å². The highest BCUT2D eigenvalue weighted by molar-refractivity contribution is 5.80. The summed E-state index contributed by atoms with van der Waals surface area (Å²) in [6, 6.07) is 10.1. The Bertz CT molecular complexity index is 654. The molecule has 0 aliphatic carbocycles. The van der Waals surface area contributed by atoms with Crippen LogP contribution in [0.15, 0.2) is 42.7 Å². The summed E-state index contributed by atoms with van der Waals surface area (Å²) in [7, 11) is 0. The van der Waals surface area contributed by atoms with Crippen LogP contribution in [-0.4, -0.2) is 17.4 Å². The number of nitrogens with zero attached hydrogens (tertiary/aromatic N) is 1. The van der Waals surface area contributed by atoms with E-state index in [2.05, 4.69) is 27.8 Å². The van der Waals surface area contributed by atoms with Crippen LogP contribution in [-0.2, 0) is 17.8 Å². The summed E-state index contributed by atoms with van der Waals surface area (Å²) in [4.78, 5) is 16.4. The fraction of sp³-hybridized carbons (Fsp3) is 0.294. The molecular weight excluding hydrogens is 262 g/mol. The Morgan fingerprint density at radius 1 is 1.38 bits per heavy atom. The molecule has 1 aliphatic heterocycles. The Hall–Kier alpha value is -2.36. The van der Waals surface area contributed by atoms with Crippen molar-refractivity contribution in [3.63, 3.8) is 0 Å². The quantitative estimate of drug-likeness (QED) is 0.907. The molecule has 1 aliphatic rings. The maximum atomic E-state index is 12.3. The van der Waals surface area contributed by atoms with E-state index in [0.717, 1.165) is 23.2 Å². The molecule has 4 heteroatoms. The number of carbonyl (C=O) groups excluding carboxylic acids is 1. The minimum Gasteiger partial charge on any atom is -0.384 e. The number of fused-ring (bicyclic) bond motifs is 1. The summed E-state index contributed by atoms with van der Waals surface area (Å²) >= 11 is 0.